The molecule has 0 spiro atoms. The van der Waals surface area contributed by atoms with Crippen LogP contribution in [0.15, 0.2) is 66.9 Å². The molecule has 4 aromatic rings. The molecule has 9 heteroatoms. The van der Waals surface area contributed by atoms with Gasteiger partial charge < -0.3 is 29.0 Å². The lowest BCUT2D eigenvalue weighted by molar-refractivity contribution is 0.394. The highest BCUT2D eigenvalue weighted by molar-refractivity contribution is 7.80. The van der Waals surface area contributed by atoms with Gasteiger partial charge in [0.15, 0.2) is 5.11 Å². The van der Waals surface area contributed by atoms with E-state index in [1.165, 1.54) is 0 Å². The SMILES string of the molecule is COc1ccc(N2C(=S)N[C@H](c3ccccn3)[C@H]2c2cc(C)n(-c3cc(Cl)ccc3OC)c2C)c(OC)c1. The van der Waals surface area contributed by atoms with Crippen molar-refractivity contribution in [3.63, 3.8) is 0 Å². The van der Waals surface area contributed by atoms with Crippen LogP contribution in [0.1, 0.15) is 34.7 Å². The lowest BCUT2D eigenvalue weighted by Gasteiger charge is -2.29. The smallest absolute Gasteiger partial charge is 0.174 e. The minimum atomic E-state index is -0.218. The second-order valence-electron chi connectivity index (χ2n) is 9.01. The number of ether oxygens (including phenoxy) is 3. The van der Waals surface area contributed by atoms with Crippen LogP contribution < -0.4 is 24.4 Å². The first kappa shape index (κ1) is 25.9. The Balaban J connectivity index is 1.72. The normalized spacial score (nSPS) is 16.9. The Labute approximate surface area is 232 Å². The van der Waals surface area contributed by atoms with Crippen molar-refractivity contribution >= 4 is 34.6 Å². The van der Waals surface area contributed by atoms with Crippen molar-refractivity contribution in [2.75, 3.05) is 26.2 Å². The van der Waals surface area contributed by atoms with Gasteiger partial charge in [-0.1, -0.05) is 17.7 Å². The first-order chi connectivity index (χ1) is 18.4. The van der Waals surface area contributed by atoms with E-state index in [4.69, 9.17) is 38.0 Å². The first-order valence-corrected chi connectivity index (χ1v) is 12.9. The van der Waals surface area contributed by atoms with E-state index in [9.17, 15) is 0 Å². The van der Waals surface area contributed by atoms with Crippen LogP contribution in [0.5, 0.6) is 17.2 Å². The summed E-state index contributed by atoms with van der Waals surface area (Å²) in [5.41, 5.74) is 5.76. The molecule has 7 nitrogen and oxygen atoms in total. The van der Waals surface area contributed by atoms with Crippen molar-refractivity contribution in [1.82, 2.24) is 14.9 Å². The molecule has 1 aliphatic rings. The first-order valence-electron chi connectivity index (χ1n) is 12.1. The number of thiocarbonyl (C=S) groups is 1. The number of nitrogens with one attached hydrogen (secondary N) is 1. The van der Waals surface area contributed by atoms with E-state index in [1.54, 1.807) is 27.5 Å². The molecule has 2 atom stereocenters. The maximum absolute atomic E-state index is 6.41. The summed E-state index contributed by atoms with van der Waals surface area (Å²) in [7, 11) is 4.94. The molecule has 0 unspecified atom stereocenters. The molecule has 1 N–H and O–H groups in total. The number of rotatable bonds is 7. The van der Waals surface area contributed by atoms with E-state index >= 15 is 0 Å². The second kappa shape index (κ2) is 10.6. The Morgan fingerprint density at radius 1 is 0.895 bits per heavy atom. The van der Waals surface area contributed by atoms with Crippen LogP contribution in [0.4, 0.5) is 5.69 Å². The average Bonchev–Trinajstić information content (AvgIpc) is 3.43. The maximum Gasteiger partial charge on any atom is 0.174 e. The highest BCUT2D eigenvalue weighted by Gasteiger charge is 2.43. The van der Waals surface area contributed by atoms with Crippen molar-refractivity contribution in [1.29, 1.82) is 0 Å². The molecule has 2 aromatic carbocycles. The Morgan fingerprint density at radius 2 is 1.68 bits per heavy atom. The van der Waals surface area contributed by atoms with Crippen LogP contribution in [0, 0.1) is 13.8 Å². The molecule has 0 amide bonds. The number of pyridine rings is 1. The van der Waals surface area contributed by atoms with Gasteiger partial charge in [-0.15, -0.1) is 0 Å². The Hall–Kier alpha value is -3.75. The largest absolute Gasteiger partial charge is 0.497 e. The van der Waals surface area contributed by atoms with Crippen molar-refractivity contribution in [3.05, 3.63) is 94.5 Å². The third kappa shape index (κ3) is 4.44. The molecule has 5 rings (SSSR count). The van der Waals surface area contributed by atoms with Gasteiger partial charge in [-0.25, -0.2) is 0 Å². The van der Waals surface area contributed by atoms with Crippen LogP contribution in [0.25, 0.3) is 5.69 Å². The molecule has 0 aliphatic carbocycles. The molecule has 0 bridgehead atoms. The molecule has 0 saturated carbocycles. The van der Waals surface area contributed by atoms with Crippen molar-refractivity contribution in [3.8, 4) is 22.9 Å². The summed E-state index contributed by atoms with van der Waals surface area (Å²) in [5, 5.41) is 4.74. The van der Waals surface area contributed by atoms with Crippen LogP contribution in [0.3, 0.4) is 0 Å². The van der Waals surface area contributed by atoms with Crippen molar-refractivity contribution in [2.24, 2.45) is 0 Å². The van der Waals surface area contributed by atoms with Crippen LogP contribution in [0.2, 0.25) is 5.02 Å². The van der Waals surface area contributed by atoms with Gasteiger partial charge in [-0.3, -0.25) is 4.98 Å². The molecule has 2 aromatic heterocycles. The maximum atomic E-state index is 6.41. The summed E-state index contributed by atoms with van der Waals surface area (Å²) in [6, 6.07) is 19.1. The lowest BCUT2D eigenvalue weighted by Crippen LogP contribution is -2.30. The number of nitrogens with zero attached hydrogens (tertiary/aromatic N) is 3. The number of hydrogen-bond donors (Lipinski definition) is 1. The predicted molar refractivity (Wildman–Crippen MR) is 154 cm³/mol. The number of benzene rings is 2. The van der Waals surface area contributed by atoms with Gasteiger partial charge in [0, 0.05) is 28.7 Å². The topological polar surface area (TPSA) is 60.8 Å². The van der Waals surface area contributed by atoms with Crippen LogP contribution in [-0.2, 0) is 0 Å². The van der Waals surface area contributed by atoms with E-state index in [0.29, 0.717) is 21.6 Å². The van der Waals surface area contributed by atoms with Gasteiger partial charge in [0.2, 0.25) is 0 Å². The van der Waals surface area contributed by atoms with E-state index in [1.807, 2.05) is 54.6 Å². The fourth-order valence-corrected chi connectivity index (χ4v) is 5.72. The third-order valence-electron chi connectivity index (χ3n) is 6.92. The fourth-order valence-electron chi connectivity index (χ4n) is 5.21. The summed E-state index contributed by atoms with van der Waals surface area (Å²) in [6.45, 7) is 4.18. The summed E-state index contributed by atoms with van der Waals surface area (Å²) < 4.78 is 19.1. The van der Waals surface area contributed by atoms with E-state index < -0.39 is 0 Å². The zero-order chi connectivity index (χ0) is 27.0. The quantitative estimate of drug-likeness (QED) is 0.270. The third-order valence-corrected chi connectivity index (χ3v) is 7.46. The zero-order valence-electron chi connectivity index (χ0n) is 21.9. The Morgan fingerprint density at radius 3 is 2.37 bits per heavy atom. The van der Waals surface area contributed by atoms with Gasteiger partial charge in [-0.05, 0) is 80.2 Å². The average molecular weight is 549 g/mol. The minimum absolute atomic E-state index is 0.203. The number of aryl methyl sites for hydroxylation is 1. The summed E-state index contributed by atoms with van der Waals surface area (Å²) in [4.78, 5) is 6.79. The van der Waals surface area contributed by atoms with E-state index in [0.717, 1.165) is 39.8 Å². The predicted octanol–water partition coefficient (Wildman–Crippen LogP) is 6.35. The Kier molecular flexibility index (Phi) is 7.19. The van der Waals surface area contributed by atoms with Crippen LogP contribution >= 0.6 is 23.8 Å². The molecule has 1 saturated heterocycles. The molecule has 1 aliphatic heterocycles. The molecule has 0 radical (unpaired) electrons. The number of halogens is 1. The number of hydrogen-bond acceptors (Lipinski definition) is 5. The van der Waals surface area contributed by atoms with Gasteiger partial charge in [0.05, 0.1) is 50.5 Å². The highest BCUT2D eigenvalue weighted by Crippen LogP contribution is 2.47. The van der Waals surface area contributed by atoms with Crippen molar-refractivity contribution in [2.45, 2.75) is 25.9 Å². The fraction of sp³-hybridized carbons (Fsp3) is 0.241. The number of anilines is 1. The standard InChI is InChI=1S/C29H29ClN4O3S/c1-17-14-21(18(2)33(17)24-15-19(30)9-12-25(24)36-4)28-27(22-8-6-7-13-31-22)32-29(38)34(28)23-11-10-20(35-3)16-26(23)37-5/h6-16,27-28H,1-5H3,(H,32,38)/t27-,28-/m1/s1. The lowest BCUT2D eigenvalue weighted by atomic mass is 9.96. The monoisotopic (exact) mass is 548 g/mol. The minimum Gasteiger partial charge on any atom is -0.497 e. The summed E-state index contributed by atoms with van der Waals surface area (Å²) in [5.74, 6) is 2.09. The van der Waals surface area contributed by atoms with Gasteiger partial charge in [0.1, 0.15) is 17.2 Å². The number of aromatic nitrogens is 2. The Bertz CT molecular complexity index is 1490. The van der Waals surface area contributed by atoms with E-state index in [-0.39, 0.29) is 12.1 Å². The molecule has 1 fully saturated rings. The van der Waals surface area contributed by atoms with Crippen molar-refractivity contribution < 1.29 is 14.2 Å². The molecule has 38 heavy (non-hydrogen) atoms. The van der Waals surface area contributed by atoms with Gasteiger partial charge in [-0.2, -0.15) is 0 Å². The molecular formula is C29H29ClN4O3S. The molecule has 3 heterocycles. The zero-order valence-corrected chi connectivity index (χ0v) is 23.4. The van der Waals surface area contributed by atoms with Gasteiger partial charge >= 0.3 is 0 Å². The number of methoxy groups -OCH3 is 3. The van der Waals surface area contributed by atoms with E-state index in [2.05, 4.69) is 39.7 Å². The highest BCUT2D eigenvalue weighted by atomic mass is 35.5. The summed E-state index contributed by atoms with van der Waals surface area (Å²) in [6.07, 6.45) is 1.80. The van der Waals surface area contributed by atoms with Crippen LogP contribution in [-0.4, -0.2) is 36.0 Å². The summed E-state index contributed by atoms with van der Waals surface area (Å²) >= 11 is 12.3. The van der Waals surface area contributed by atoms with Gasteiger partial charge in [0.25, 0.3) is 0 Å². The second-order valence-corrected chi connectivity index (χ2v) is 9.84. The molecule has 196 valence electrons. The molecular weight excluding hydrogens is 520 g/mol.